The second kappa shape index (κ2) is 11.5. The lowest BCUT2D eigenvalue weighted by Crippen LogP contribution is -2.64. The summed E-state index contributed by atoms with van der Waals surface area (Å²) < 4.78 is 11.3. The number of hydrogen-bond acceptors (Lipinski definition) is 5. The fourth-order valence-electron chi connectivity index (χ4n) is 9.01. The van der Waals surface area contributed by atoms with Crippen molar-refractivity contribution in [2.75, 3.05) is 20.8 Å². The maximum absolute atomic E-state index is 14.4. The van der Waals surface area contributed by atoms with E-state index in [0.29, 0.717) is 17.8 Å². The van der Waals surface area contributed by atoms with Gasteiger partial charge in [-0.25, -0.2) is 9.59 Å². The number of likely N-dealkylation sites (tertiary alicyclic amines) is 1. The Morgan fingerprint density at radius 1 is 0.841 bits per heavy atom. The number of methoxy groups -OCH3 is 2. The molecule has 7 rings (SSSR count). The maximum Gasteiger partial charge on any atom is 0.328 e. The van der Waals surface area contributed by atoms with E-state index in [1.54, 1.807) is 12.0 Å². The molecule has 4 bridgehead atoms. The summed E-state index contributed by atoms with van der Waals surface area (Å²) in [6.07, 6.45) is 7.18. The van der Waals surface area contributed by atoms with Gasteiger partial charge in [0.15, 0.2) is 0 Å². The Labute approximate surface area is 261 Å². The van der Waals surface area contributed by atoms with Crippen molar-refractivity contribution in [2.24, 2.45) is 23.2 Å². The minimum Gasteiger partial charge on any atom is -0.467 e. The van der Waals surface area contributed by atoms with E-state index in [-0.39, 0.29) is 30.4 Å². The van der Waals surface area contributed by atoms with Gasteiger partial charge < -0.3 is 25.0 Å². The van der Waals surface area contributed by atoms with E-state index in [9.17, 15) is 14.4 Å². The second-order valence-corrected chi connectivity index (χ2v) is 14.9. The first-order valence-corrected chi connectivity index (χ1v) is 16.1. The highest BCUT2D eigenvalue weighted by atomic mass is 16.5. The van der Waals surface area contributed by atoms with Crippen LogP contribution in [0.5, 0.6) is 0 Å². The molecule has 0 aromatic heterocycles. The molecule has 0 radical (unpaired) electrons. The van der Waals surface area contributed by atoms with Crippen LogP contribution in [0, 0.1) is 23.2 Å². The van der Waals surface area contributed by atoms with Gasteiger partial charge in [0, 0.05) is 19.1 Å². The van der Waals surface area contributed by atoms with Crippen LogP contribution in [0.2, 0.25) is 0 Å². The van der Waals surface area contributed by atoms with Crippen molar-refractivity contribution in [1.29, 1.82) is 0 Å². The third-order valence-electron chi connectivity index (χ3n) is 10.8. The monoisotopic (exact) mass is 601 g/mol. The van der Waals surface area contributed by atoms with Crippen LogP contribution in [0.4, 0.5) is 4.79 Å². The van der Waals surface area contributed by atoms with Gasteiger partial charge >= 0.3 is 12.0 Å². The summed E-state index contributed by atoms with van der Waals surface area (Å²) in [5, 5.41) is 6.42. The zero-order valence-electron chi connectivity index (χ0n) is 26.7. The van der Waals surface area contributed by atoms with E-state index >= 15 is 0 Å². The molecule has 4 aliphatic carbocycles. The quantitative estimate of drug-likeness (QED) is 0.400. The lowest BCUT2D eigenvalue weighted by molar-refractivity contribution is -0.152. The lowest BCUT2D eigenvalue weighted by Gasteiger charge is -2.56. The van der Waals surface area contributed by atoms with E-state index in [2.05, 4.69) is 22.8 Å². The summed E-state index contributed by atoms with van der Waals surface area (Å²) >= 11 is 0. The van der Waals surface area contributed by atoms with Crippen LogP contribution < -0.4 is 10.6 Å². The molecular formula is C36H47N3O5. The molecule has 1 heterocycles. The first-order chi connectivity index (χ1) is 20.9. The molecule has 1 aliphatic heterocycles. The van der Waals surface area contributed by atoms with Gasteiger partial charge in [-0.2, -0.15) is 0 Å². The Bertz CT molecular complexity index is 1350. The molecular weight excluding hydrogens is 554 g/mol. The molecule has 2 N–H and O–H groups in total. The number of esters is 1. The highest BCUT2D eigenvalue weighted by Gasteiger charge is 2.54. The van der Waals surface area contributed by atoms with Gasteiger partial charge in [-0.1, -0.05) is 75.4 Å². The van der Waals surface area contributed by atoms with Crippen LogP contribution in [-0.4, -0.2) is 61.2 Å². The van der Waals surface area contributed by atoms with E-state index in [4.69, 9.17) is 9.47 Å². The Morgan fingerprint density at radius 2 is 1.41 bits per heavy atom. The Hall–Kier alpha value is -3.39. The van der Waals surface area contributed by atoms with Crippen molar-refractivity contribution in [3.63, 3.8) is 0 Å². The number of nitrogens with one attached hydrogen (secondary N) is 2. The van der Waals surface area contributed by atoms with Gasteiger partial charge in [-0.05, 0) is 78.4 Å². The summed E-state index contributed by atoms with van der Waals surface area (Å²) in [5.41, 5.74) is 1.36. The van der Waals surface area contributed by atoms with Crippen molar-refractivity contribution in [2.45, 2.75) is 88.9 Å². The number of rotatable bonds is 7. The molecule has 1 saturated heterocycles. The summed E-state index contributed by atoms with van der Waals surface area (Å²) in [5.74, 6) is 1.26. The average Bonchev–Trinajstić information content (AvgIpc) is 3.40. The highest BCUT2D eigenvalue weighted by Crippen LogP contribution is 2.55. The number of carbonyl (C=O) groups excluding carboxylic acids is 3. The summed E-state index contributed by atoms with van der Waals surface area (Å²) in [4.78, 5) is 42.7. The molecule has 5 aliphatic rings. The molecule has 2 aromatic rings. The van der Waals surface area contributed by atoms with Crippen molar-refractivity contribution in [3.8, 4) is 11.1 Å². The fourth-order valence-corrected chi connectivity index (χ4v) is 9.01. The number of urea groups is 1. The van der Waals surface area contributed by atoms with Crippen molar-refractivity contribution in [1.82, 2.24) is 15.5 Å². The summed E-state index contributed by atoms with van der Waals surface area (Å²) in [7, 11) is 2.96. The molecule has 8 nitrogen and oxygen atoms in total. The Kier molecular flexibility index (Phi) is 8.02. The van der Waals surface area contributed by atoms with Gasteiger partial charge in [-0.15, -0.1) is 0 Å². The highest BCUT2D eigenvalue weighted by molar-refractivity contribution is 5.92. The predicted molar refractivity (Wildman–Crippen MR) is 169 cm³/mol. The molecule has 3 atom stereocenters. The van der Waals surface area contributed by atoms with Crippen LogP contribution in [0.1, 0.15) is 71.3 Å². The molecule has 8 heteroatoms. The lowest BCUT2D eigenvalue weighted by atomic mass is 9.53. The summed E-state index contributed by atoms with van der Waals surface area (Å²) in [6.45, 7) is 5.98. The second-order valence-electron chi connectivity index (χ2n) is 14.9. The van der Waals surface area contributed by atoms with Crippen LogP contribution >= 0.6 is 0 Å². The number of benzene rings is 2. The zero-order chi connectivity index (χ0) is 31.3. The normalized spacial score (nSPS) is 31.4. The van der Waals surface area contributed by atoms with Gasteiger partial charge in [0.1, 0.15) is 17.7 Å². The molecule has 4 saturated carbocycles. The number of hydrogen-bond donors (Lipinski definition) is 2. The van der Waals surface area contributed by atoms with Crippen LogP contribution in [0.25, 0.3) is 11.1 Å². The number of ether oxygens (including phenoxy) is 2. The molecule has 2 unspecified atom stereocenters. The third kappa shape index (κ3) is 5.73. The SMILES string of the molecule is COC(=O)[C@@H]1CC(OC)(c2ccc(-c3ccccc3)cc2)CN1C(=O)C(NC(=O)NC12CC3CC(CC(C3)C1)C2)C(C)(C)C. The predicted octanol–water partition coefficient (Wildman–Crippen LogP) is 5.65. The largest absolute Gasteiger partial charge is 0.467 e. The van der Waals surface area contributed by atoms with E-state index in [0.717, 1.165) is 36.0 Å². The molecule has 44 heavy (non-hydrogen) atoms. The third-order valence-corrected chi connectivity index (χ3v) is 10.8. The Morgan fingerprint density at radius 3 is 1.93 bits per heavy atom. The number of nitrogens with zero attached hydrogens (tertiary/aromatic N) is 1. The maximum atomic E-state index is 14.4. The standard InChI is InChI=1S/C36H47N3O5/c1-34(2,3)30(37-33(42)38-35-18-23-15-24(19-35)17-25(16-23)20-35)31(40)39-22-36(44-5,21-29(39)32(41)43-4)28-13-11-27(12-14-28)26-9-7-6-8-10-26/h6-14,23-25,29-30H,15-22H2,1-5H3,(H2,37,38,42)/t23?,24?,25?,29-,30?,35?,36?/m0/s1. The van der Waals surface area contributed by atoms with Gasteiger partial charge in [0.05, 0.1) is 13.7 Å². The van der Waals surface area contributed by atoms with Gasteiger partial charge in [0.2, 0.25) is 5.91 Å². The zero-order valence-corrected chi connectivity index (χ0v) is 26.7. The van der Waals surface area contributed by atoms with Crippen molar-refractivity contribution >= 4 is 17.9 Å². The Balaban J connectivity index is 1.23. The van der Waals surface area contributed by atoms with E-state index in [1.165, 1.54) is 26.4 Å². The van der Waals surface area contributed by atoms with E-state index in [1.807, 2.05) is 63.2 Å². The number of amides is 3. The fraction of sp³-hybridized carbons (Fsp3) is 0.583. The van der Waals surface area contributed by atoms with Crippen LogP contribution in [0.3, 0.4) is 0 Å². The van der Waals surface area contributed by atoms with Gasteiger partial charge in [-0.3, -0.25) is 4.79 Å². The van der Waals surface area contributed by atoms with Gasteiger partial charge in [0.25, 0.3) is 0 Å². The van der Waals surface area contributed by atoms with Crippen molar-refractivity contribution in [3.05, 3.63) is 60.2 Å². The minimum atomic E-state index is -0.909. The molecule has 3 amide bonds. The summed E-state index contributed by atoms with van der Waals surface area (Å²) in [6, 6.07) is 16.2. The first-order valence-electron chi connectivity index (χ1n) is 16.1. The molecule has 2 aromatic carbocycles. The first kappa shape index (κ1) is 30.6. The number of carbonyl (C=O) groups is 3. The smallest absolute Gasteiger partial charge is 0.328 e. The molecule has 236 valence electrons. The van der Waals surface area contributed by atoms with Crippen LogP contribution in [0.15, 0.2) is 54.6 Å². The molecule has 5 fully saturated rings. The topological polar surface area (TPSA) is 97.0 Å². The van der Waals surface area contributed by atoms with Crippen LogP contribution in [-0.2, 0) is 24.7 Å². The molecule has 0 spiro atoms. The van der Waals surface area contributed by atoms with Crippen molar-refractivity contribution < 1.29 is 23.9 Å². The average molecular weight is 602 g/mol. The van der Waals surface area contributed by atoms with E-state index < -0.39 is 29.1 Å². The minimum absolute atomic E-state index is 0.164.